The molecule has 0 aliphatic carbocycles. The van der Waals surface area contributed by atoms with E-state index >= 15 is 0 Å². The Morgan fingerprint density at radius 3 is 1.81 bits per heavy atom. The Morgan fingerprint density at radius 1 is 0.577 bits per heavy atom. The van der Waals surface area contributed by atoms with Crippen LogP contribution in [0.4, 0.5) is 0 Å². The van der Waals surface area contributed by atoms with E-state index < -0.39 is 0 Å². The number of aryl methyl sites for hydroxylation is 2. The molecule has 128 valence electrons. The van der Waals surface area contributed by atoms with E-state index in [0.717, 1.165) is 30.8 Å². The van der Waals surface area contributed by atoms with Gasteiger partial charge in [-0.05, 0) is 29.2 Å². The van der Waals surface area contributed by atoms with Gasteiger partial charge in [0.1, 0.15) is 11.5 Å². The van der Waals surface area contributed by atoms with Gasteiger partial charge < -0.3 is 4.42 Å². The Balaban J connectivity index is 1.62. The third-order valence-corrected chi connectivity index (χ3v) is 4.65. The van der Waals surface area contributed by atoms with Crippen LogP contribution in [0, 0.1) is 0 Å². The molecule has 0 atom stereocenters. The SMILES string of the molecule is c1ccc(CCc2oc(Cc3ccccc3)cc2-c2ccccc2)cc1. The fourth-order valence-electron chi connectivity index (χ4n) is 3.32. The summed E-state index contributed by atoms with van der Waals surface area (Å²) in [4.78, 5) is 0. The molecule has 0 saturated carbocycles. The Bertz CT molecular complexity index is 937. The lowest BCUT2D eigenvalue weighted by atomic mass is 10.0. The first-order valence-electron chi connectivity index (χ1n) is 9.13. The van der Waals surface area contributed by atoms with Crippen LogP contribution >= 0.6 is 0 Å². The summed E-state index contributed by atoms with van der Waals surface area (Å²) in [6.45, 7) is 0. The fraction of sp³-hybridized carbons (Fsp3) is 0.120. The third kappa shape index (κ3) is 3.94. The molecule has 1 heterocycles. The lowest BCUT2D eigenvalue weighted by Crippen LogP contribution is -1.91. The maximum Gasteiger partial charge on any atom is 0.112 e. The van der Waals surface area contributed by atoms with Crippen molar-refractivity contribution >= 4 is 0 Å². The monoisotopic (exact) mass is 338 g/mol. The molecule has 0 radical (unpaired) electrons. The van der Waals surface area contributed by atoms with Gasteiger partial charge in [0.2, 0.25) is 0 Å². The van der Waals surface area contributed by atoms with Gasteiger partial charge in [-0.25, -0.2) is 0 Å². The van der Waals surface area contributed by atoms with Crippen LogP contribution < -0.4 is 0 Å². The summed E-state index contributed by atoms with van der Waals surface area (Å²) >= 11 is 0. The molecule has 0 spiro atoms. The molecule has 0 aliphatic heterocycles. The van der Waals surface area contributed by atoms with E-state index in [1.165, 1.54) is 22.3 Å². The molecule has 4 rings (SSSR count). The minimum atomic E-state index is 0.825. The number of hydrogen-bond acceptors (Lipinski definition) is 1. The van der Waals surface area contributed by atoms with Crippen LogP contribution in [-0.4, -0.2) is 0 Å². The summed E-state index contributed by atoms with van der Waals surface area (Å²) in [6, 6.07) is 33.8. The second-order valence-corrected chi connectivity index (χ2v) is 6.56. The largest absolute Gasteiger partial charge is 0.465 e. The molecule has 0 N–H and O–H groups in total. The Kier molecular flexibility index (Phi) is 4.97. The van der Waals surface area contributed by atoms with Crippen molar-refractivity contribution in [1.29, 1.82) is 0 Å². The molecule has 26 heavy (non-hydrogen) atoms. The van der Waals surface area contributed by atoms with Crippen molar-refractivity contribution in [3.63, 3.8) is 0 Å². The van der Waals surface area contributed by atoms with Crippen molar-refractivity contribution < 1.29 is 4.42 Å². The van der Waals surface area contributed by atoms with Crippen LogP contribution in [0.25, 0.3) is 11.1 Å². The predicted molar refractivity (Wildman–Crippen MR) is 107 cm³/mol. The van der Waals surface area contributed by atoms with E-state index in [1.807, 2.05) is 6.07 Å². The second kappa shape index (κ2) is 7.88. The van der Waals surface area contributed by atoms with E-state index in [2.05, 4.69) is 91.0 Å². The van der Waals surface area contributed by atoms with Gasteiger partial charge in [0.15, 0.2) is 0 Å². The first-order chi connectivity index (χ1) is 12.9. The van der Waals surface area contributed by atoms with Crippen molar-refractivity contribution in [3.05, 3.63) is 120 Å². The van der Waals surface area contributed by atoms with Gasteiger partial charge in [-0.2, -0.15) is 0 Å². The average molecular weight is 338 g/mol. The maximum absolute atomic E-state index is 6.29. The van der Waals surface area contributed by atoms with Crippen molar-refractivity contribution in [2.45, 2.75) is 19.3 Å². The molecule has 0 saturated heterocycles. The van der Waals surface area contributed by atoms with Gasteiger partial charge in [-0.1, -0.05) is 91.0 Å². The molecule has 0 amide bonds. The number of furan rings is 1. The van der Waals surface area contributed by atoms with Gasteiger partial charge >= 0.3 is 0 Å². The third-order valence-electron chi connectivity index (χ3n) is 4.65. The Morgan fingerprint density at radius 2 is 1.15 bits per heavy atom. The van der Waals surface area contributed by atoms with E-state index in [0.29, 0.717) is 0 Å². The molecule has 0 unspecified atom stereocenters. The highest BCUT2D eigenvalue weighted by Gasteiger charge is 2.13. The molecular weight excluding hydrogens is 316 g/mol. The Hall–Kier alpha value is -3.06. The lowest BCUT2D eigenvalue weighted by molar-refractivity contribution is 0.473. The lowest BCUT2D eigenvalue weighted by Gasteiger charge is -2.03. The van der Waals surface area contributed by atoms with Crippen molar-refractivity contribution in [3.8, 4) is 11.1 Å². The fourth-order valence-corrected chi connectivity index (χ4v) is 3.32. The zero-order valence-corrected chi connectivity index (χ0v) is 14.8. The normalized spacial score (nSPS) is 10.8. The second-order valence-electron chi connectivity index (χ2n) is 6.56. The standard InChI is InChI=1S/C25H22O/c1-4-10-20(11-5-1)16-17-25-24(22-14-8-3-9-15-22)19-23(26-25)18-21-12-6-2-7-13-21/h1-15,19H,16-18H2. The number of hydrogen-bond donors (Lipinski definition) is 0. The molecule has 0 bridgehead atoms. The molecule has 1 heteroatoms. The van der Waals surface area contributed by atoms with E-state index in [4.69, 9.17) is 4.42 Å². The van der Waals surface area contributed by atoms with E-state index in [1.54, 1.807) is 0 Å². The molecule has 0 aliphatic rings. The zero-order valence-electron chi connectivity index (χ0n) is 14.8. The first kappa shape index (κ1) is 16.4. The average Bonchev–Trinajstić information content (AvgIpc) is 3.11. The molecule has 3 aromatic carbocycles. The highest BCUT2D eigenvalue weighted by Crippen LogP contribution is 2.29. The van der Waals surface area contributed by atoms with Gasteiger partial charge in [0.25, 0.3) is 0 Å². The molecule has 4 aromatic rings. The smallest absolute Gasteiger partial charge is 0.112 e. The van der Waals surface area contributed by atoms with E-state index in [-0.39, 0.29) is 0 Å². The summed E-state index contributed by atoms with van der Waals surface area (Å²) in [6.07, 6.45) is 2.72. The van der Waals surface area contributed by atoms with E-state index in [9.17, 15) is 0 Å². The predicted octanol–water partition coefficient (Wildman–Crippen LogP) is 6.32. The molecular formula is C25H22O. The summed E-state index contributed by atoms with van der Waals surface area (Å²) in [5.74, 6) is 2.10. The van der Waals surface area contributed by atoms with Crippen LogP contribution in [0.2, 0.25) is 0 Å². The maximum atomic E-state index is 6.29. The van der Waals surface area contributed by atoms with Crippen LogP contribution in [-0.2, 0) is 19.3 Å². The van der Waals surface area contributed by atoms with Gasteiger partial charge in [-0.3, -0.25) is 0 Å². The van der Waals surface area contributed by atoms with Crippen LogP contribution in [0.5, 0.6) is 0 Å². The summed E-state index contributed by atoms with van der Waals surface area (Å²) in [5.41, 5.74) is 5.05. The minimum Gasteiger partial charge on any atom is -0.465 e. The number of rotatable bonds is 6. The number of benzene rings is 3. The van der Waals surface area contributed by atoms with Crippen molar-refractivity contribution in [1.82, 2.24) is 0 Å². The van der Waals surface area contributed by atoms with Crippen LogP contribution in [0.15, 0.2) is 101 Å². The molecule has 1 nitrogen and oxygen atoms in total. The highest BCUT2D eigenvalue weighted by atomic mass is 16.3. The molecule has 1 aromatic heterocycles. The minimum absolute atomic E-state index is 0.825. The van der Waals surface area contributed by atoms with Crippen LogP contribution in [0.3, 0.4) is 0 Å². The van der Waals surface area contributed by atoms with Gasteiger partial charge in [-0.15, -0.1) is 0 Å². The summed E-state index contributed by atoms with van der Waals surface area (Å²) in [7, 11) is 0. The quantitative estimate of drug-likeness (QED) is 0.401. The first-order valence-corrected chi connectivity index (χ1v) is 9.13. The molecule has 0 fully saturated rings. The summed E-state index contributed by atoms with van der Waals surface area (Å²) in [5, 5.41) is 0. The highest BCUT2D eigenvalue weighted by molar-refractivity contribution is 5.66. The Labute approximate surface area is 154 Å². The zero-order chi connectivity index (χ0) is 17.6. The van der Waals surface area contributed by atoms with Gasteiger partial charge in [0, 0.05) is 18.4 Å². The topological polar surface area (TPSA) is 13.1 Å². The summed E-state index contributed by atoms with van der Waals surface area (Å²) < 4.78 is 6.29. The van der Waals surface area contributed by atoms with Crippen molar-refractivity contribution in [2.24, 2.45) is 0 Å². The van der Waals surface area contributed by atoms with Crippen LogP contribution in [0.1, 0.15) is 22.6 Å². The van der Waals surface area contributed by atoms with Gasteiger partial charge in [0.05, 0.1) is 0 Å². The van der Waals surface area contributed by atoms with Crippen molar-refractivity contribution in [2.75, 3.05) is 0 Å².